The molecule has 0 bridgehead atoms. The largest absolute Gasteiger partial charge is 0.315 e. The Hall–Kier alpha value is -2.21. The topological polar surface area (TPSA) is 30.2 Å². The molecule has 26 heavy (non-hydrogen) atoms. The molecule has 0 unspecified atom stereocenters. The second-order valence-electron chi connectivity index (χ2n) is 5.69. The first-order chi connectivity index (χ1) is 12.8. The smallest absolute Gasteiger partial charge is 0.190 e. The molecule has 4 rings (SSSR count). The van der Waals surface area contributed by atoms with Crippen molar-refractivity contribution in [3.05, 3.63) is 87.1 Å². The molecule has 6 heteroatoms. The highest BCUT2D eigenvalue weighted by atomic mass is 35.5. The van der Waals surface area contributed by atoms with Gasteiger partial charge in [-0.1, -0.05) is 23.7 Å². The average molecular weight is 398 g/mol. The fourth-order valence-electron chi connectivity index (χ4n) is 2.66. The number of nitrogens with zero attached hydrogens (tertiary/aromatic N) is 3. The maximum atomic E-state index is 5.99. The van der Waals surface area contributed by atoms with Crippen LogP contribution in [0.5, 0.6) is 0 Å². The lowest BCUT2D eigenvalue weighted by molar-refractivity contribution is 0.675. The molecule has 0 fully saturated rings. The Morgan fingerprint density at radius 1 is 1.00 bits per heavy atom. The van der Waals surface area contributed by atoms with Crippen LogP contribution in [0, 0.1) is 0 Å². The van der Waals surface area contributed by atoms with E-state index in [1.165, 1.54) is 10.6 Å². The van der Waals surface area contributed by atoms with Gasteiger partial charge >= 0.3 is 0 Å². The van der Waals surface area contributed by atoms with Crippen molar-refractivity contribution in [2.45, 2.75) is 13.0 Å². The summed E-state index contributed by atoms with van der Waals surface area (Å²) in [5.41, 5.74) is 3.19. The fraction of sp³-hybridized carbons (Fsp3) is 0.100. The van der Waals surface area contributed by atoms with Gasteiger partial charge in [0.1, 0.15) is 0 Å². The second kappa shape index (κ2) is 7.99. The first-order valence-corrected chi connectivity index (χ1v) is 10.4. The predicted octanol–water partition coefficient (Wildman–Crippen LogP) is 5.80. The van der Waals surface area contributed by atoms with E-state index in [4.69, 9.17) is 16.6 Å². The standard InChI is InChI=1S/C20H16ClN3S2/c21-15-6-8-17(9-7-15)23-20-24(12-10-16-4-1-2-11-22-16)18(14-26-20)19-5-3-13-25-19/h1-9,11,13-14H,10,12H2. The summed E-state index contributed by atoms with van der Waals surface area (Å²) in [7, 11) is 0. The van der Waals surface area contributed by atoms with Crippen LogP contribution in [0.15, 0.2) is 76.5 Å². The van der Waals surface area contributed by atoms with E-state index < -0.39 is 0 Å². The van der Waals surface area contributed by atoms with Gasteiger partial charge in [-0.05, 0) is 47.8 Å². The molecule has 0 aliphatic carbocycles. The molecule has 0 amide bonds. The molecular formula is C20H16ClN3S2. The first-order valence-electron chi connectivity index (χ1n) is 8.22. The van der Waals surface area contributed by atoms with Crippen LogP contribution in [-0.2, 0) is 13.0 Å². The monoisotopic (exact) mass is 397 g/mol. The minimum absolute atomic E-state index is 0.720. The highest BCUT2D eigenvalue weighted by Gasteiger charge is 2.09. The highest BCUT2D eigenvalue weighted by molar-refractivity contribution is 7.14. The lowest BCUT2D eigenvalue weighted by Crippen LogP contribution is -2.17. The summed E-state index contributed by atoms with van der Waals surface area (Å²) in [5, 5.41) is 5.00. The molecule has 130 valence electrons. The quantitative estimate of drug-likeness (QED) is 0.418. The van der Waals surface area contributed by atoms with Gasteiger partial charge in [-0.15, -0.1) is 22.7 Å². The van der Waals surface area contributed by atoms with Crippen LogP contribution in [-0.4, -0.2) is 9.55 Å². The van der Waals surface area contributed by atoms with E-state index in [1.807, 2.05) is 42.6 Å². The molecule has 3 nitrogen and oxygen atoms in total. The van der Waals surface area contributed by atoms with Crippen molar-refractivity contribution in [3.8, 4) is 10.6 Å². The van der Waals surface area contributed by atoms with Crippen molar-refractivity contribution in [1.82, 2.24) is 9.55 Å². The van der Waals surface area contributed by atoms with Gasteiger partial charge in [-0.25, -0.2) is 4.99 Å². The summed E-state index contributed by atoms with van der Waals surface area (Å²) in [6.45, 7) is 0.834. The first kappa shape index (κ1) is 17.2. The van der Waals surface area contributed by atoms with E-state index in [0.29, 0.717) is 0 Å². The molecule has 0 saturated heterocycles. The molecule has 0 aliphatic heterocycles. The Bertz CT molecular complexity index is 1030. The van der Waals surface area contributed by atoms with E-state index in [1.54, 1.807) is 22.7 Å². The number of pyridine rings is 1. The number of halogens is 1. The van der Waals surface area contributed by atoms with Gasteiger partial charge in [0.15, 0.2) is 4.80 Å². The summed E-state index contributed by atoms with van der Waals surface area (Å²) in [5.74, 6) is 0. The van der Waals surface area contributed by atoms with Gasteiger partial charge in [0.05, 0.1) is 16.3 Å². The molecule has 0 N–H and O–H groups in total. The van der Waals surface area contributed by atoms with E-state index in [2.05, 4.69) is 38.5 Å². The zero-order valence-electron chi connectivity index (χ0n) is 13.9. The molecule has 3 heterocycles. The normalized spacial score (nSPS) is 11.8. The number of rotatable bonds is 5. The van der Waals surface area contributed by atoms with Gasteiger partial charge in [0, 0.05) is 35.3 Å². The van der Waals surface area contributed by atoms with Gasteiger partial charge in [-0.3, -0.25) is 4.98 Å². The van der Waals surface area contributed by atoms with Crippen molar-refractivity contribution < 1.29 is 0 Å². The zero-order chi connectivity index (χ0) is 17.8. The number of thiophene rings is 1. The van der Waals surface area contributed by atoms with Crippen molar-refractivity contribution in [2.75, 3.05) is 0 Å². The maximum absolute atomic E-state index is 5.99. The minimum Gasteiger partial charge on any atom is -0.315 e. The van der Waals surface area contributed by atoms with Gasteiger partial charge < -0.3 is 4.57 Å². The Morgan fingerprint density at radius 3 is 2.62 bits per heavy atom. The summed E-state index contributed by atoms with van der Waals surface area (Å²) in [6, 6.07) is 17.9. The third kappa shape index (κ3) is 3.96. The predicted molar refractivity (Wildman–Crippen MR) is 110 cm³/mol. The van der Waals surface area contributed by atoms with Crippen LogP contribution in [0.3, 0.4) is 0 Å². The van der Waals surface area contributed by atoms with Gasteiger partial charge in [-0.2, -0.15) is 0 Å². The van der Waals surface area contributed by atoms with Crippen molar-refractivity contribution in [2.24, 2.45) is 4.99 Å². The number of aryl methyl sites for hydroxylation is 1. The molecular weight excluding hydrogens is 382 g/mol. The molecule has 0 saturated carbocycles. The number of hydrogen-bond donors (Lipinski definition) is 0. The molecule has 1 aromatic carbocycles. The summed E-state index contributed by atoms with van der Waals surface area (Å²) in [4.78, 5) is 11.5. The Balaban J connectivity index is 1.73. The number of hydrogen-bond acceptors (Lipinski definition) is 4. The number of thiazole rings is 1. The molecule has 0 radical (unpaired) electrons. The van der Waals surface area contributed by atoms with E-state index in [0.717, 1.165) is 34.2 Å². The van der Waals surface area contributed by atoms with Gasteiger partial charge in [0.2, 0.25) is 0 Å². The highest BCUT2D eigenvalue weighted by Crippen LogP contribution is 2.26. The minimum atomic E-state index is 0.720. The fourth-order valence-corrected chi connectivity index (χ4v) is 4.55. The maximum Gasteiger partial charge on any atom is 0.190 e. The SMILES string of the molecule is Clc1ccc(N=c2scc(-c3cccs3)n2CCc2ccccn2)cc1. The molecule has 0 atom stereocenters. The molecule has 0 aliphatic rings. The van der Waals surface area contributed by atoms with Crippen LogP contribution in [0.4, 0.5) is 5.69 Å². The van der Waals surface area contributed by atoms with Gasteiger partial charge in [0.25, 0.3) is 0 Å². The van der Waals surface area contributed by atoms with Crippen molar-refractivity contribution in [1.29, 1.82) is 0 Å². The Kier molecular flexibility index (Phi) is 5.29. The Morgan fingerprint density at radius 2 is 1.88 bits per heavy atom. The van der Waals surface area contributed by atoms with Crippen LogP contribution >= 0.6 is 34.3 Å². The summed E-state index contributed by atoms with van der Waals surface area (Å²) < 4.78 is 2.28. The second-order valence-corrected chi connectivity index (χ2v) is 7.91. The van der Waals surface area contributed by atoms with Crippen LogP contribution in [0.1, 0.15) is 5.69 Å². The van der Waals surface area contributed by atoms with Crippen LogP contribution in [0.2, 0.25) is 5.02 Å². The Labute approximate surface area is 164 Å². The van der Waals surface area contributed by atoms with E-state index >= 15 is 0 Å². The third-order valence-electron chi connectivity index (χ3n) is 3.94. The lowest BCUT2D eigenvalue weighted by atomic mass is 10.2. The molecule has 0 spiro atoms. The lowest BCUT2D eigenvalue weighted by Gasteiger charge is -2.08. The summed E-state index contributed by atoms with van der Waals surface area (Å²) >= 11 is 9.39. The summed E-state index contributed by atoms with van der Waals surface area (Å²) in [6.07, 6.45) is 2.70. The average Bonchev–Trinajstić information content (AvgIpc) is 3.32. The number of aromatic nitrogens is 2. The van der Waals surface area contributed by atoms with Crippen LogP contribution in [0.25, 0.3) is 10.6 Å². The number of benzene rings is 1. The zero-order valence-corrected chi connectivity index (χ0v) is 16.3. The molecule has 3 aromatic heterocycles. The third-order valence-corrected chi connectivity index (χ3v) is 5.95. The van der Waals surface area contributed by atoms with E-state index in [-0.39, 0.29) is 0 Å². The molecule has 4 aromatic rings. The van der Waals surface area contributed by atoms with Crippen LogP contribution < -0.4 is 4.80 Å². The van der Waals surface area contributed by atoms with Crippen molar-refractivity contribution in [3.63, 3.8) is 0 Å². The van der Waals surface area contributed by atoms with E-state index in [9.17, 15) is 0 Å². The van der Waals surface area contributed by atoms with Crippen molar-refractivity contribution >= 4 is 40.0 Å².